The van der Waals surface area contributed by atoms with Crippen LogP contribution in [-0.4, -0.2) is 25.0 Å². The molecule has 0 aromatic heterocycles. The van der Waals surface area contributed by atoms with Crippen LogP contribution in [0.2, 0.25) is 5.02 Å². The number of carbonyl (C=O) groups is 3. The number of carbonyl (C=O) groups excluding carboxylic acids is 3. The number of hydrogen-bond donors (Lipinski definition) is 1. The molecule has 0 bridgehead atoms. The average molecular weight is 556 g/mol. The van der Waals surface area contributed by atoms with Gasteiger partial charge in [0.15, 0.2) is 11.5 Å². The van der Waals surface area contributed by atoms with Gasteiger partial charge in [-0.15, -0.1) is 0 Å². The van der Waals surface area contributed by atoms with Gasteiger partial charge in [-0.25, -0.2) is 9.69 Å². The minimum Gasteiger partial charge on any atom is -0.493 e. The molecule has 1 fully saturated rings. The van der Waals surface area contributed by atoms with Crippen molar-refractivity contribution in [3.63, 3.8) is 0 Å². The number of ether oxygens (including phenoxy) is 2. The number of imide groups is 2. The predicted octanol–water partition coefficient (Wildman–Crippen LogP) is 5.66. The smallest absolute Gasteiger partial charge is 0.335 e. The molecule has 1 N–H and O–H groups in total. The van der Waals surface area contributed by atoms with E-state index in [1.54, 1.807) is 36.4 Å². The molecule has 0 atom stereocenters. The van der Waals surface area contributed by atoms with Gasteiger partial charge in [-0.3, -0.25) is 14.9 Å². The fraction of sp³-hybridized carbons (Fsp3) is 0.115. The van der Waals surface area contributed by atoms with Crippen LogP contribution in [0.5, 0.6) is 11.5 Å². The number of hydrogen-bond acceptors (Lipinski definition) is 5. The number of anilines is 1. The highest BCUT2D eigenvalue weighted by Gasteiger charge is 2.36. The van der Waals surface area contributed by atoms with Gasteiger partial charge >= 0.3 is 6.03 Å². The summed E-state index contributed by atoms with van der Waals surface area (Å²) in [6.45, 7) is 2.27. The predicted molar refractivity (Wildman–Crippen MR) is 137 cm³/mol. The topological polar surface area (TPSA) is 84.9 Å². The summed E-state index contributed by atoms with van der Waals surface area (Å²) in [7, 11) is 1.47. The van der Waals surface area contributed by atoms with Crippen LogP contribution in [-0.2, 0) is 16.2 Å². The maximum atomic E-state index is 13.1. The Labute approximate surface area is 215 Å². The third-order valence-electron chi connectivity index (χ3n) is 5.38. The highest BCUT2D eigenvalue weighted by atomic mass is 79.9. The van der Waals surface area contributed by atoms with E-state index in [9.17, 15) is 14.4 Å². The number of aryl methyl sites for hydroxylation is 1. The highest BCUT2D eigenvalue weighted by molar-refractivity contribution is 9.10. The van der Waals surface area contributed by atoms with Crippen LogP contribution in [0.3, 0.4) is 0 Å². The largest absolute Gasteiger partial charge is 0.493 e. The molecule has 0 spiro atoms. The number of halogens is 2. The molecule has 0 unspecified atom stereocenters. The van der Waals surface area contributed by atoms with E-state index in [4.69, 9.17) is 21.1 Å². The second-order valence-corrected chi connectivity index (χ2v) is 9.01. The van der Waals surface area contributed by atoms with Gasteiger partial charge in [0.25, 0.3) is 11.8 Å². The van der Waals surface area contributed by atoms with Gasteiger partial charge in [0.1, 0.15) is 12.2 Å². The van der Waals surface area contributed by atoms with Crippen LogP contribution in [0.1, 0.15) is 16.7 Å². The Morgan fingerprint density at radius 3 is 2.46 bits per heavy atom. The fourth-order valence-corrected chi connectivity index (χ4v) is 4.07. The molecule has 1 aliphatic heterocycles. The first-order valence-electron chi connectivity index (χ1n) is 10.5. The molecule has 0 saturated carbocycles. The summed E-state index contributed by atoms with van der Waals surface area (Å²) in [6, 6.07) is 16.7. The minimum atomic E-state index is -0.824. The second kappa shape index (κ2) is 10.3. The summed E-state index contributed by atoms with van der Waals surface area (Å²) >= 11 is 9.80. The first-order valence-corrected chi connectivity index (χ1v) is 11.7. The fourth-order valence-electron chi connectivity index (χ4n) is 3.53. The van der Waals surface area contributed by atoms with Gasteiger partial charge in [0.05, 0.1) is 17.8 Å². The van der Waals surface area contributed by atoms with Gasteiger partial charge in [0.2, 0.25) is 0 Å². The lowest BCUT2D eigenvalue weighted by atomic mass is 10.1. The van der Waals surface area contributed by atoms with Crippen molar-refractivity contribution >= 4 is 57.1 Å². The second-order valence-electron chi connectivity index (χ2n) is 7.68. The van der Waals surface area contributed by atoms with Crippen molar-refractivity contribution in [1.29, 1.82) is 0 Å². The molecular weight excluding hydrogens is 536 g/mol. The molecule has 0 aliphatic carbocycles. The highest BCUT2D eigenvalue weighted by Crippen LogP contribution is 2.38. The Morgan fingerprint density at radius 1 is 1.06 bits per heavy atom. The summed E-state index contributed by atoms with van der Waals surface area (Å²) in [5.74, 6) is -0.882. The number of rotatable bonds is 6. The number of barbiturate groups is 1. The van der Waals surface area contributed by atoms with Gasteiger partial charge in [0, 0.05) is 4.47 Å². The van der Waals surface area contributed by atoms with Crippen LogP contribution >= 0.6 is 27.5 Å². The van der Waals surface area contributed by atoms with E-state index in [0.29, 0.717) is 22.7 Å². The molecule has 178 valence electrons. The molecule has 3 aromatic carbocycles. The molecule has 7 nitrogen and oxygen atoms in total. The zero-order valence-electron chi connectivity index (χ0n) is 18.8. The molecule has 1 heterocycles. The van der Waals surface area contributed by atoms with Crippen molar-refractivity contribution in [3.05, 3.63) is 92.4 Å². The number of nitrogens with one attached hydrogen (secondary N) is 1. The normalized spacial score (nSPS) is 14.8. The molecular formula is C26H20BrClN2O5. The Hall–Kier alpha value is -3.62. The van der Waals surface area contributed by atoms with Crippen molar-refractivity contribution in [2.75, 3.05) is 12.0 Å². The van der Waals surface area contributed by atoms with Crippen molar-refractivity contribution < 1.29 is 23.9 Å². The average Bonchev–Trinajstić information content (AvgIpc) is 2.83. The first-order chi connectivity index (χ1) is 16.8. The standard InChI is InChI=1S/C26H20BrClN2O5/c1-15-5-3-4-6-17(15)14-35-23-21(28)12-16(13-22(23)34-2)11-20-24(31)29-26(33)30(25(20)32)19-9-7-18(27)8-10-19/h3-13H,14H2,1-2H3,(H,29,31,33)/b20-11-. The van der Waals surface area contributed by atoms with E-state index >= 15 is 0 Å². The van der Waals surface area contributed by atoms with Crippen molar-refractivity contribution in [3.8, 4) is 11.5 Å². The summed E-state index contributed by atoms with van der Waals surface area (Å²) in [5.41, 5.74) is 2.61. The summed E-state index contributed by atoms with van der Waals surface area (Å²) < 4.78 is 12.2. The third-order valence-corrected chi connectivity index (χ3v) is 6.19. The lowest BCUT2D eigenvalue weighted by molar-refractivity contribution is -0.122. The van der Waals surface area contributed by atoms with Crippen LogP contribution in [0.15, 0.2) is 70.7 Å². The number of methoxy groups -OCH3 is 1. The monoisotopic (exact) mass is 554 g/mol. The van der Waals surface area contributed by atoms with Gasteiger partial charge in [-0.2, -0.15) is 0 Å². The molecule has 1 aliphatic rings. The van der Waals surface area contributed by atoms with Gasteiger partial charge in [-0.1, -0.05) is 51.8 Å². The lowest BCUT2D eigenvalue weighted by Crippen LogP contribution is -2.54. The third kappa shape index (κ3) is 5.23. The van der Waals surface area contributed by atoms with Crippen molar-refractivity contribution in [2.24, 2.45) is 0 Å². The summed E-state index contributed by atoms with van der Waals surface area (Å²) in [5, 5.41) is 2.44. The Bertz CT molecular complexity index is 1350. The maximum Gasteiger partial charge on any atom is 0.335 e. The first kappa shape index (κ1) is 24.5. The zero-order valence-corrected chi connectivity index (χ0v) is 21.1. The molecule has 9 heteroatoms. The number of benzene rings is 3. The van der Waals surface area contributed by atoms with E-state index < -0.39 is 17.8 Å². The maximum absolute atomic E-state index is 13.1. The van der Waals surface area contributed by atoms with Gasteiger partial charge in [-0.05, 0) is 66.1 Å². The molecule has 4 rings (SSSR count). The number of urea groups is 1. The van der Waals surface area contributed by atoms with Crippen LogP contribution in [0, 0.1) is 6.92 Å². The van der Waals surface area contributed by atoms with Crippen LogP contribution in [0.25, 0.3) is 6.08 Å². The van der Waals surface area contributed by atoms with E-state index in [2.05, 4.69) is 21.2 Å². The zero-order chi connectivity index (χ0) is 25.1. The Morgan fingerprint density at radius 2 is 1.77 bits per heavy atom. The van der Waals surface area contributed by atoms with E-state index in [0.717, 1.165) is 20.5 Å². The molecule has 0 radical (unpaired) electrons. The van der Waals surface area contributed by atoms with E-state index in [1.165, 1.54) is 13.2 Å². The molecule has 3 aromatic rings. The van der Waals surface area contributed by atoms with Gasteiger partial charge < -0.3 is 9.47 Å². The Kier molecular flexibility index (Phi) is 7.23. The van der Waals surface area contributed by atoms with Crippen molar-refractivity contribution in [1.82, 2.24) is 5.32 Å². The van der Waals surface area contributed by atoms with E-state index in [-0.39, 0.29) is 17.2 Å². The molecule has 35 heavy (non-hydrogen) atoms. The molecule has 4 amide bonds. The summed E-state index contributed by atoms with van der Waals surface area (Å²) in [6.07, 6.45) is 1.36. The van der Waals surface area contributed by atoms with Crippen molar-refractivity contribution in [2.45, 2.75) is 13.5 Å². The Balaban J connectivity index is 1.64. The van der Waals surface area contributed by atoms with Crippen LogP contribution < -0.4 is 19.7 Å². The minimum absolute atomic E-state index is 0.223. The number of nitrogens with zero attached hydrogens (tertiary/aromatic N) is 1. The van der Waals surface area contributed by atoms with E-state index in [1.807, 2.05) is 31.2 Å². The number of amides is 4. The SMILES string of the molecule is COc1cc(/C=C2/C(=O)NC(=O)N(c3ccc(Br)cc3)C2=O)cc(Cl)c1OCc1ccccc1C. The quantitative estimate of drug-likeness (QED) is 0.313. The van der Waals surface area contributed by atoms with Crippen LogP contribution in [0.4, 0.5) is 10.5 Å². The molecule has 1 saturated heterocycles. The lowest BCUT2D eigenvalue weighted by Gasteiger charge is -2.26. The summed E-state index contributed by atoms with van der Waals surface area (Å²) in [4.78, 5) is 38.9.